The normalized spacial score (nSPS) is 10.5. The highest BCUT2D eigenvalue weighted by Crippen LogP contribution is 2.31. The Hall–Kier alpha value is -3.48. The average Bonchev–Trinajstić information content (AvgIpc) is 2.72. The van der Waals surface area contributed by atoms with Crippen LogP contribution in [0.2, 0.25) is 0 Å². The third-order valence-corrected chi connectivity index (χ3v) is 3.88. The van der Waals surface area contributed by atoms with Gasteiger partial charge in [-0.1, -0.05) is 42.5 Å². The summed E-state index contributed by atoms with van der Waals surface area (Å²) in [6.45, 7) is 0.565. The maximum atomic E-state index is 11.7. The predicted molar refractivity (Wildman–Crippen MR) is 105 cm³/mol. The molecular weight excluding hydrogens is 362 g/mol. The van der Waals surface area contributed by atoms with Gasteiger partial charge in [0.05, 0.1) is 19.8 Å². The standard InChI is InChI=1S/C21H23NO6/c1-26-18-12-16(17(20(23)24)13-19(18)27-2)10-6-7-11-22-21(25)28-14-15-8-4-3-5-9-15/h3-6,8-10,12-13H,7,11,14H2,1-2H3,(H,22,25)(H,23,24). The van der Waals surface area contributed by atoms with Crippen LogP contribution < -0.4 is 14.8 Å². The number of aromatic carboxylic acids is 1. The molecule has 0 saturated carbocycles. The number of carboxylic acid groups (broad SMARTS) is 1. The predicted octanol–water partition coefficient (Wildman–Crippen LogP) is 3.73. The van der Waals surface area contributed by atoms with Crippen molar-refractivity contribution < 1.29 is 28.9 Å². The number of hydrogen-bond acceptors (Lipinski definition) is 5. The van der Waals surface area contributed by atoms with Crippen LogP contribution in [0.4, 0.5) is 4.79 Å². The van der Waals surface area contributed by atoms with E-state index in [-0.39, 0.29) is 12.2 Å². The van der Waals surface area contributed by atoms with Gasteiger partial charge >= 0.3 is 12.1 Å². The molecule has 1 amide bonds. The summed E-state index contributed by atoms with van der Waals surface area (Å²) in [5.41, 5.74) is 1.49. The highest BCUT2D eigenvalue weighted by atomic mass is 16.5. The lowest BCUT2D eigenvalue weighted by Crippen LogP contribution is -2.24. The van der Waals surface area contributed by atoms with Crippen LogP contribution in [0.5, 0.6) is 11.5 Å². The van der Waals surface area contributed by atoms with Crippen molar-refractivity contribution in [2.24, 2.45) is 0 Å². The molecule has 0 spiro atoms. The lowest BCUT2D eigenvalue weighted by atomic mass is 10.1. The third kappa shape index (κ3) is 6.05. The topological polar surface area (TPSA) is 94.1 Å². The Morgan fingerprint density at radius 1 is 1.07 bits per heavy atom. The highest BCUT2D eigenvalue weighted by Gasteiger charge is 2.14. The van der Waals surface area contributed by atoms with Crippen molar-refractivity contribution in [1.29, 1.82) is 0 Å². The van der Waals surface area contributed by atoms with Crippen LogP contribution in [0, 0.1) is 0 Å². The van der Waals surface area contributed by atoms with Gasteiger partial charge in [-0.3, -0.25) is 0 Å². The minimum Gasteiger partial charge on any atom is -0.493 e. The molecule has 0 radical (unpaired) electrons. The van der Waals surface area contributed by atoms with E-state index in [9.17, 15) is 14.7 Å². The van der Waals surface area contributed by atoms with Crippen molar-refractivity contribution in [3.63, 3.8) is 0 Å². The molecule has 28 heavy (non-hydrogen) atoms. The van der Waals surface area contributed by atoms with Crippen molar-refractivity contribution in [3.05, 3.63) is 65.2 Å². The Labute approximate surface area is 163 Å². The molecule has 0 fully saturated rings. The number of benzene rings is 2. The smallest absolute Gasteiger partial charge is 0.407 e. The molecule has 0 atom stereocenters. The molecule has 2 aromatic rings. The second-order valence-corrected chi connectivity index (χ2v) is 5.78. The zero-order chi connectivity index (χ0) is 20.4. The molecule has 2 rings (SSSR count). The van der Waals surface area contributed by atoms with Crippen LogP contribution in [0.25, 0.3) is 6.08 Å². The molecule has 7 nitrogen and oxygen atoms in total. The number of nitrogens with one attached hydrogen (secondary N) is 1. The first kappa shape index (κ1) is 20.8. The molecule has 2 aromatic carbocycles. The van der Waals surface area contributed by atoms with E-state index in [2.05, 4.69) is 5.32 Å². The van der Waals surface area contributed by atoms with E-state index < -0.39 is 12.1 Å². The number of amides is 1. The summed E-state index contributed by atoms with van der Waals surface area (Å²) in [5.74, 6) is -0.280. The summed E-state index contributed by atoms with van der Waals surface area (Å²) >= 11 is 0. The van der Waals surface area contributed by atoms with Crippen molar-refractivity contribution in [3.8, 4) is 11.5 Å². The molecule has 0 saturated heterocycles. The molecule has 0 heterocycles. The van der Waals surface area contributed by atoms with Crippen LogP contribution in [-0.4, -0.2) is 37.9 Å². The number of rotatable bonds is 9. The molecule has 0 aromatic heterocycles. The zero-order valence-electron chi connectivity index (χ0n) is 15.8. The summed E-state index contributed by atoms with van der Waals surface area (Å²) in [6, 6.07) is 12.4. The molecule has 0 bridgehead atoms. The van der Waals surface area contributed by atoms with Gasteiger partial charge in [-0.25, -0.2) is 9.59 Å². The highest BCUT2D eigenvalue weighted by molar-refractivity contribution is 5.93. The number of hydrogen-bond donors (Lipinski definition) is 2. The number of carbonyl (C=O) groups excluding carboxylic acids is 1. The second kappa shape index (κ2) is 10.6. The zero-order valence-corrected chi connectivity index (χ0v) is 15.8. The quantitative estimate of drug-likeness (QED) is 0.639. The summed E-state index contributed by atoms with van der Waals surface area (Å²) < 4.78 is 15.5. The lowest BCUT2D eigenvalue weighted by molar-refractivity contribution is 0.0696. The monoisotopic (exact) mass is 385 g/mol. The Bertz CT molecular complexity index is 832. The maximum Gasteiger partial charge on any atom is 0.407 e. The van der Waals surface area contributed by atoms with Crippen LogP contribution in [0.1, 0.15) is 27.9 Å². The number of carboxylic acids is 1. The van der Waals surface area contributed by atoms with E-state index in [1.165, 1.54) is 20.3 Å². The SMILES string of the molecule is COc1cc(C=CCCNC(=O)OCc2ccccc2)c(C(=O)O)cc1OC. The van der Waals surface area contributed by atoms with Gasteiger partial charge in [-0.15, -0.1) is 0 Å². The first-order valence-corrected chi connectivity index (χ1v) is 8.65. The summed E-state index contributed by atoms with van der Waals surface area (Å²) in [6.07, 6.45) is 3.44. The van der Waals surface area contributed by atoms with Gasteiger partial charge in [0.15, 0.2) is 11.5 Å². The van der Waals surface area contributed by atoms with E-state index >= 15 is 0 Å². The van der Waals surface area contributed by atoms with Gasteiger partial charge in [0.2, 0.25) is 0 Å². The average molecular weight is 385 g/mol. The minimum absolute atomic E-state index is 0.101. The first-order chi connectivity index (χ1) is 13.5. The molecule has 0 aliphatic carbocycles. The van der Waals surface area contributed by atoms with E-state index in [0.717, 1.165) is 5.56 Å². The number of alkyl carbamates (subject to hydrolysis) is 1. The van der Waals surface area contributed by atoms with Crippen LogP contribution in [0.3, 0.4) is 0 Å². The van der Waals surface area contributed by atoms with Crippen molar-refractivity contribution in [1.82, 2.24) is 5.32 Å². The van der Waals surface area contributed by atoms with Crippen LogP contribution in [-0.2, 0) is 11.3 Å². The van der Waals surface area contributed by atoms with Crippen molar-refractivity contribution in [2.45, 2.75) is 13.0 Å². The van der Waals surface area contributed by atoms with Gasteiger partial charge in [-0.2, -0.15) is 0 Å². The van der Waals surface area contributed by atoms with Crippen molar-refractivity contribution >= 4 is 18.1 Å². The van der Waals surface area contributed by atoms with Gasteiger partial charge in [0, 0.05) is 6.54 Å². The van der Waals surface area contributed by atoms with Gasteiger partial charge in [0.1, 0.15) is 6.61 Å². The number of methoxy groups -OCH3 is 2. The maximum absolute atomic E-state index is 11.7. The number of ether oxygens (including phenoxy) is 3. The Balaban J connectivity index is 1.86. The van der Waals surface area contributed by atoms with Gasteiger partial charge < -0.3 is 24.6 Å². The van der Waals surface area contributed by atoms with Gasteiger partial charge in [-0.05, 0) is 29.7 Å². The largest absolute Gasteiger partial charge is 0.493 e. The fourth-order valence-electron chi connectivity index (χ4n) is 2.46. The molecule has 0 aliphatic heterocycles. The minimum atomic E-state index is -1.07. The van der Waals surface area contributed by atoms with E-state index in [1.807, 2.05) is 30.3 Å². The summed E-state index contributed by atoms with van der Waals surface area (Å²) in [4.78, 5) is 23.1. The Morgan fingerprint density at radius 3 is 2.39 bits per heavy atom. The summed E-state index contributed by atoms with van der Waals surface area (Å²) in [5, 5.41) is 12.0. The molecule has 0 unspecified atom stereocenters. The Morgan fingerprint density at radius 2 is 1.75 bits per heavy atom. The fraction of sp³-hybridized carbons (Fsp3) is 0.238. The molecule has 148 valence electrons. The number of carbonyl (C=O) groups is 2. The van der Waals surface area contributed by atoms with E-state index in [4.69, 9.17) is 14.2 Å². The first-order valence-electron chi connectivity index (χ1n) is 8.65. The molecular formula is C21H23NO6. The fourth-order valence-corrected chi connectivity index (χ4v) is 2.46. The lowest BCUT2D eigenvalue weighted by Gasteiger charge is -2.11. The molecule has 0 aliphatic rings. The second-order valence-electron chi connectivity index (χ2n) is 5.78. The van der Waals surface area contributed by atoms with Crippen LogP contribution >= 0.6 is 0 Å². The van der Waals surface area contributed by atoms with Gasteiger partial charge in [0.25, 0.3) is 0 Å². The van der Waals surface area contributed by atoms with E-state index in [1.54, 1.807) is 18.2 Å². The molecule has 2 N–H and O–H groups in total. The van der Waals surface area contributed by atoms with Crippen LogP contribution in [0.15, 0.2) is 48.5 Å². The third-order valence-electron chi connectivity index (χ3n) is 3.88. The Kier molecular flexibility index (Phi) is 7.90. The van der Waals surface area contributed by atoms with E-state index in [0.29, 0.717) is 30.0 Å². The summed E-state index contributed by atoms with van der Waals surface area (Å²) in [7, 11) is 2.93. The molecule has 7 heteroatoms. The van der Waals surface area contributed by atoms with Crippen molar-refractivity contribution in [2.75, 3.05) is 20.8 Å².